The summed E-state index contributed by atoms with van der Waals surface area (Å²) >= 11 is 1.68. The number of hydrogen-bond acceptors (Lipinski definition) is 5. The van der Waals surface area contributed by atoms with E-state index in [9.17, 15) is 4.79 Å². The fraction of sp³-hybridized carbons (Fsp3) is 0.417. The molecule has 0 bridgehead atoms. The maximum absolute atomic E-state index is 12.8. The van der Waals surface area contributed by atoms with Crippen LogP contribution in [0.1, 0.15) is 60.9 Å². The van der Waals surface area contributed by atoms with Gasteiger partial charge >= 0.3 is 0 Å². The summed E-state index contributed by atoms with van der Waals surface area (Å²) in [7, 11) is 1.64. The van der Waals surface area contributed by atoms with Crippen molar-refractivity contribution in [3.63, 3.8) is 0 Å². The van der Waals surface area contributed by atoms with E-state index in [1.807, 2.05) is 30.4 Å². The van der Waals surface area contributed by atoms with Crippen LogP contribution in [0, 0.1) is 0 Å². The molecule has 0 unspecified atom stereocenters. The fourth-order valence-corrected chi connectivity index (χ4v) is 5.11. The van der Waals surface area contributed by atoms with Gasteiger partial charge in [0.05, 0.1) is 19.1 Å². The Morgan fingerprint density at radius 1 is 1.17 bits per heavy atom. The van der Waals surface area contributed by atoms with Gasteiger partial charge in [0.1, 0.15) is 10.7 Å². The lowest BCUT2D eigenvalue weighted by Gasteiger charge is -2.10. The molecule has 1 aromatic carbocycles. The van der Waals surface area contributed by atoms with E-state index in [1.165, 1.54) is 23.3 Å². The molecule has 158 valence electrons. The number of hydrogen-bond donors (Lipinski definition) is 1. The number of nitrogens with zero attached hydrogens (tertiary/aromatic N) is 1. The Bertz CT molecular complexity index is 1110. The lowest BCUT2D eigenvalue weighted by Crippen LogP contribution is -2.10. The highest BCUT2D eigenvalue weighted by Gasteiger charge is 2.18. The summed E-state index contributed by atoms with van der Waals surface area (Å²) in [5, 5.41) is 0.796. The van der Waals surface area contributed by atoms with Crippen LogP contribution in [0.4, 0.5) is 0 Å². The Balaban J connectivity index is 1.58. The van der Waals surface area contributed by atoms with Crippen molar-refractivity contribution in [2.45, 2.75) is 51.9 Å². The number of aromatic nitrogens is 2. The van der Waals surface area contributed by atoms with Crippen LogP contribution in [0.5, 0.6) is 11.5 Å². The number of aryl methyl sites for hydroxylation is 2. The highest BCUT2D eigenvalue weighted by atomic mass is 32.1. The highest BCUT2D eigenvalue weighted by molar-refractivity contribution is 7.18. The molecule has 0 amide bonds. The Morgan fingerprint density at radius 2 is 2.03 bits per heavy atom. The number of fused-ring (bicyclic) bond motifs is 3. The standard InChI is InChI=1S/C24H28N2O3S/c1-3-4-14-29-18-12-10-16(15-19(18)28-2)11-13-21-25-23(27)22-17-8-6-5-7-9-20(17)30-24(22)26-21/h10-13,15H,3-9,14H2,1-2H3,(H,25,26,27)/b13-11+. The van der Waals surface area contributed by atoms with E-state index < -0.39 is 0 Å². The van der Waals surface area contributed by atoms with Gasteiger partial charge < -0.3 is 14.5 Å². The second-order valence-electron chi connectivity index (χ2n) is 7.64. The van der Waals surface area contributed by atoms with Crippen molar-refractivity contribution < 1.29 is 9.47 Å². The van der Waals surface area contributed by atoms with Gasteiger partial charge in [0.15, 0.2) is 11.5 Å². The predicted octanol–water partition coefficient (Wildman–Crippen LogP) is 5.61. The molecule has 0 saturated carbocycles. The van der Waals surface area contributed by atoms with Gasteiger partial charge in [0, 0.05) is 4.88 Å². The normalized spacial score (nSPS) is 14.1. The molecule has 1 aliphatic rings. The van der Waals surface area contributed by atoms with Gasteiger partial charge in [0.2, 0.25) is 0 Å². The van der Waals surface area contributed by atoms with E-state index in [1.54, 1.807) is 18.4 Å². The molecule has 0 aliphatic heterocycles. The highest BCUT2D eigenvalue weighted by Crippen LogP contribution is 2.33. The lowest BCUT2D eigenvalue weighted by atomic mass is 10.1. The molecule has 5 nitrogen and oxygen atoms in total. The van der Waals surface area contributed by atoms with Gasteiger partial charge in [-0.3, -0.25) is 4.79 Å². The van der Waals surface area contributed by atoms with Crippen LogP contribution in [0.3, 0.4) is 0 Å². The molecule has 2 aromatic heterocycles. The van der Waals surface area contributed by atoms with Crippen LogP contribution in [0.2, 0.25) is 0 Å². The van der Waals surface area contributed by atoms with Gasteiger partial charge in [-0.2, -0.15) is 0 Å². The van der Waals surface area contributed by atoms with Gasteiger partial charge in [0.25, 0.3) is 5.56 Å². The largest absolute Gasteiger partial charge is 0.493 e. The van der Waals surface area contributed by atoms with E-state index in [4.69, 9.17) is 14.5 Å². The molecule has 4 rings (SSSR count). The molecular formula is C24H28N2O3S. The van der Waals surface area contributed by atoms with Gasteiger partial charge in [-0.25, -0.2) is 4.98 Å². The Labute approximate surface area is 180 Å². The monoisotopic (exact) mass is 424 g/mol. The Hall–Kier alpha value is -2.60. The van der Waals surface area contributed by atoms with Crippen molar-refractivity contribution in [2.75, 3.05) is 13.7 Å². The summed E-state index contributed by atoms with van der Waals surface area (Å²) in [6.45, 7) is 2.81. The molecule has 0 atom stereocenters. The maximum atomic E-state index is 12.8. The van der Waals surface area contributed by atoms with Gasteiger partial charge in [-0.15, -0.1) is 11.3 Å². The van der Waals surface area contributed by atoms with Crippen molar-refractivity contribution in [2.24, 2.45) is 0 Å². The first-order valence-electron chi connectivity index (χ1n) is 10.7. The summed E-state index contributed by atoms with van der Waals surface area (Å²) < 4.78 is 11.3. The molecule has 0 radical (unpaired) electrons. The number of H-pyrrole nitrogens is 1. The number of nitrogens with one attached hydrogen (secondary N) is 1. The van der Waals surface area contributed by atoms with Crippen LogP contribution < -0.4 is 15.0 Å². The molecule has 1 N–H and O–H groups in total. The molecule has 0 saturated heterocycles. The zero-order valence-corrected chi connectivity index (χ0v) is 18.4. The average molecular weight is 425 g/mol. The molecule has 0 spiro atoms. The number of ether oxygens (including phenoxy) is 2. The summed E-state index contributed by atoms with van der Waals surface area (Å²) in [5.41, 5.74) is 2.15. The molecule has 30 heavy (non-hydrogen) atoms. The molecule has 3 aromatic rings. The van der Waals surface area contributed by atoms with E-state index in [2.05, 4.69) is 11.9 Å². The Kier molecular flexibility index (Phi) is 6.53. The van der Waals surface area contributed by atoms with Crippen LogP contribution in [0.25, 0.3) is 22.4 Å². The second kappa shape index (κ2) is 9.47. The third kappa shape index (κ3) is 4.43. The molecule has 0 fully saturated rings. The minimum atomic E-state index is -0.0312. The molecule has 1 aliphatic carbocycles. The van der Waals surface area contributed by atoms with Crippen LogP contribution in [-0.4, -0.2) is 23.7 Å². The summed E-state index contributed by atoms with van der Waals surface area (Å²) in [5.74, 6) is 2.02. The van der Waals surface area contributed by atoms with Crippen LogP contribution in [-0.2, 0) is 12.8 Å². The first kappa shape index (κ1) is 20.7. The SMILES string of the molecule is CCCCOc1ccc(/C=C/c2nc3sc4c(c3c(=O)[nH]2)CCCCC4)cc1OC. The minimum Gasteiger partial charge on any atom is -0.493 e. The number of aromatic amines is 1. The third-order valence-corrected chi connectivity index (χ3v) is 6.66. The molecule has 6 heteroatoms. The van der Waals surface area contributed by atoms with Crippen LogP contribution >= 0.6 is 11.3 Å². The van der Waals surface area contributed by atoms with Crippen molar-refractivity contribution in [3.8, 4) is 11.5 Å². The number of thiophene rings is 1. The predicted molar refractivity (Wildman–Crippen MR) is 124 cm³/mol. The first-order chi connectivity index (χ1) is 14.7. The Morgan fingerprint density at radius 3 is 2.87 bits per heavy atom. The van der Waals surface area contributed by atoms with Crippen molar-refractivity contribution in [1.82, 2.24) is 9.97 Å². The van der Waals surface area contributed by atoms with Gasteiger partial charge in [-0.05, 0) is 61.4 Å². The number of methoxy groups -OCH3 is 1. The van der Waals surface area contributed by atoms with Crippen molar-refractivity contribution in [1.29, 1.82) is 0 Å². The zero-order chi connectivity index (χ0) is 20.9. The number of benzene rings is 1. The maximum Gasteiger partial charge on any atom is 0.260 e. The fourth-order valence-electron chi connectivity index (χ4n) is 3.84. The topological polar surface area (TPSA) is 64.2 Å². The minimum absolute atomic E-state index is 0.0312. The number of unbranched alkanes of at least 4 members (excludes halogenated alkanes) is 1. The lowest BCUT2D eigenvalue weighted by molar-refractivity contribution is 0.288. The van der Waals surface area contributed by atoms with E-state index in [0.29, 0.717) is 18.2 Å². The van der Waals surface area contributed by atoms with Crippen molar-refractivity contribution >= 4 is 33.7 Å². The van der Waals surface area contributed by atoms with Crippen LogP contribution in [0.15, 0.2) is 23.0 Å². The molecule has 2 heterocycles. The third-order valence-electron chi connectivity index (χ3n) is 5.47. The van der Waals surface area contributed by atoms with Gasteiger partial charge in [-0.1, -0.05) is 31.9 Å². The summed E-state index contributed by atoms with van der Waals surface area (Å²) in [4.78, 5) is 22.6. The zero-order valence-electron chi connectivity index (χ0n) is 17.6. The smallest absolute Gasteiger partial charge is 0.260 e. The summed E-state index contributed by atoms with van der Waals surface area (Å²) in [6, 6.07) is 5.83. The van der Waals surface area contributed by atoms with E-state index in [0.717, 1.165) is 53.6 Å². The van der Waals surface area contributed by atoms with Crippen molar-refractivity contribution in [3.05, 3.63) is 50.4 Å². The van der Waals surface area contributed by atoms with E-state index >= 15 is 0 Å². The quantitative estimate of drug-likeness (QED) is 0.395. The average Bonchev–Trinajstić information content (AvgIpc) is 2.94. The number of rotatable bonds is 7. The molecular weight excluding hydrogens is 396 g/mol. The summed E-state index contributed by atoms with van der Waals surface area (Å²) in [6.07, 6.45) is 11.5. The second-order valence-corrected chi connectivity index (χ2v) is 8.73. The first-order valence-corrected chi connectivity index (χ1v) is 11.5. The van der Waals surface area contributed by atoms with E-state index in [-0.39, 0.29) is 5.56 Å².